The van der Waals surface area contributed by atoms with Crippen LogP contribution in [0.15, 0.2) is 24.4 Å². The molecule has 2 aromatic rings. The summed E-state index contributed by atoms with van der Waals surface area (Å²) in [6, 6.07) is 5.06. The molecule has 1 amide bonds. The molecule has 27 heavy (non-hydrogen) atoms. The van der Waals surface area contributed by atoms with E-state index in [0.717, 1.165) is 42.8 Å². The third kappa shape index (κ3) is 3.34. The predicted molar refractivity (Wildman–Crippen MR) is 102 cm³/mol. The number of amides is 1. The summed E-state index contributed by atoms with van der Waals surface area (Å²) in [5.41, 5.74) is 2.32. The SMILES string of the molecule is COc1ccc(C(=O)N2CCC(c3c(F)cnc4c3CCN4)CC2)cc1Cl. The number of benzene rings is 1. The van der Waals surface area contributed by atoms with Crippen LogP contribution in [0.4, 0.5) is 10.2 Å². The number of fused-ring (bicyclic) bond motifs is 1. The van der Waals surface area contributed by atoms with Crippen molar-refractivity contribution in [3.63, 3.8) is 0 Å². The lowest BCUT2D eigenvalue weighted by atomic mass is 9.86. The lowest BCUT2D eigenvalue weighted by molar-refractivity contribution is 0.0712. The van der Waals surface area contributed by atoms with Gasteiger partial charge in [0, 0.05) is 30.8 Å². The molecule has 0 radical (unpaired) electrons. The molecule has 0 saturated carbocycles. The zero-order valence-corrected chi connectivity index (χ0v) is 15.9. The fraction of sp³-hybridized carbons (Fsp3) is 0.400. The van der Waals surface area contributed by atoms with E-state index in [0.29, 0.717) is 29.4 Å². The van der Waals surface area contributed by atoms with Crippen LogP contribution < -0.4 is 10.1 Å². The molecule has 1 N–H and O–H groups in total. The Balaban J connectivity index is 1.47. The van der Waals surface area contributed by atoms with Gasteiger partial charge in [-0.2, -0.15) is 0 Å². The van der Waals surface area contributed by atoms with E-state index in [1.165, 1.54) is 13.3 Å². The van der Waals surface area contributed by atoms with E-state index < -0.39 is 0 Å². The van der Waals surface area contributed by atoms with Crippen molar-refractivity contribution in [1.29, 1.82) is 0 Å². The van der Waals surface area contributed by atoms with Gasteiger partial charge in [-0.3, -0.25) is 4.79 Å². The summed E-state index contributed by atoms with van der Waals surface area (Å²) in [7, 11) is 1.54. The number of anilines is 1. The summed E-state index contributed by atoms with van der Waals surface area (Å²) >= 11 is 6.14. The first-order valence-electron chi connectivity index (χ1n) is 9.12. The van der Waals surface area contributed by atoms with Crippen molar-refractivity contribution in [3.05, 3.63) is 51.9 Å². The number of aromatic nitrogens is 1. The van der Waals surface area contributed by atoms with E-state index in [4.69, 9.17) is 16.3 Å². The Labute approximate surface area is 162 Å². The number of likely N-dealkylation sites (tertiary alicyclic amines) is 1. The number of methoxy groups -OCH3 is 1. The minimum Gasteiger partial charge on any atom is -0.495 e. The number of halogens is 2. The summed E-state index contributed by atoms with van der Waals surface area (Å²) in [5, 5.41) is 3.62. The Morgan fingerprint density at radius 2 is 2.15 bits per heavy atom. The first kappa shape index (κ1) is 18.0. The molecule has 1 aromatic carbocycles. The molecule has 7 heteroatoms. The molecular formula is C20H21ClFN3O2. The Kier molecular flexibility index (Phi) is 4.91. The second-order valence-electron chi connectivity index (χ2n) is 6.94. The number of hydrogen-bond donors (Lipinski definition) is 1. The number of carbonyl (C=O) groups is 1. The minimum absolute atomic E-state index is 0.0555. The van der Waals surface area contributed by atoms with Gasteiger partial charge in [-0.05, 0) is 48.9 Å². The van der Waals surface area contributed by atoms with Crippen LogP contribution in [-0.4, -0.2) is 42.5 Å². The van der Waals surface area contributed by atoms with Crippen LogP contribution in [-0.2, 0) is 6.42 Å². The minimum atomic E-state index is -0.232. The molecule has 2 aliphatic heterocycles. The van der Waals surface area contributed by atoms with Crippen LogP contribution in [0.5, 0.6) is 5.75 Å². The monoisotopic (exact) mass is 389 g/mol. The summed E-state index contributed by atoms with van der Waals surface area (Å²) in [6.45, 7) is 1.99. The molecular weight excluding hydrogens is 369 g/mol. The van der Waals surface area contributed by atoms with E-state index in [-0.39, 0.29) is 17.6 Å². The average Bonchev–Trinajstić information content (AvgIpc) is 3.16. The van der Waals surface area contributed by atoms with Gasteiger partial charge in [-0.15, -0.1) is 0 Å². The molecule has 1 saturated heterocycles. The van der Waals surface area contributed by atoms with Gasteiger partial charge in [0.15, 0.2) is 0 Å². The third-order valence-electron chi connectivity index (χ3n) is 5.43. The van der Waals surface area contributed by atoms with Crippen molar-refractivity contribution in [2.45, 2.75) is 25.2 Å². The van der Waals surface area contributed by atoms with Gasteiger partial charge in [0.1, 0.15) is 17.4 Å². The molecule has 142 valence electrons. The van der Waals surface area contributed by atoms with Gasteiger partial charge < -0.3 is 15.0 Å². The summed E-state index contributed by atoms with van der Waals surface area (Å²) < 4.78 is 19.6. The van der Waals surface area contributed by atoms with Crippen LogP contribution in [0.2, 0.25) is 5.02 Å². The number of nitrogens with one attached hydrogen (secondary N) is 1. The third-order valence-corrected chi connectivity index (χ3v) is 5.73. The van der Waals surface area contributed by atoms with Crippen LogP contribution in [0.25, 0.3) is 0 Å². The maximum atomic E-state index is 14.5. The first-order chi connectivity index (χ1) is 13.1. The highest BCUT2D eigenvalue weighted by Gasteiger charge is 2.30. The van der Waals surface area contributed by atoms with Gasteiger partial charge in [-0.25, -0.2) is 9.37 Å². The fourth-order valence-electron chi connectivity index (χ4n) is 4.05. The Morgan fingerprint density at radius 1 is 1.37 bits per heavy atom. The van der Waals surface area contributed by atoms with E-state index >= 15 is 0 Å². The molecule has 0 unspecified atom stereocenters. The van der Waals surface area contributed by atoms with Crippen molar-refractivity contribution in [1.82, 2.24) is 9.88 Å². The quantitative estimate of drug-likeness (QED) is 0.865. The molecule has 0 bridgehead atoms. The second-order valence-corrected chi connectivity index (χ2v) is 7.35. The number of ether oxygens (including phenoxy) is 1. The van der Waals surface area contributed by atoms with E-state index in [2.05, 4.69) is 10.3 Å². The molecule has 1 fully saturated rings. The van der Waals surface area contributed by atoms with Gasteiger partial charge >= 0.3 is 0 Å². The second kappa shape index (κ2) is 7.35. The van der Waals surface area contributed by atoms with Crippen molar-refractivity contribution in [2.24, 2.45) is 0 Å². The van der Waals surface area contributed by atoms with Crippen molar-refractivity contribution in [2.75, 3.05) is 32.1 Å². The van der Waals surface area contributed by atoms with Crippen molar-refractivity contribution >= 4 is 23.3 Å². The van der Waals surface area contributed by atoms with Gasteiger partial charge in [0.05, 0.1) is 18.3 Å². The molecule has 5 nitrogen and oxygen atoms in total. The summed E-state index contributed by atoms with van der Waals surface area (Å²) in [5.74, 6) is 1.18. The molecule has 1 aromatic heterocycles. The first-order valence-corrected chi connectivity index (χ1v) is 9.50. The van der Waals surface area contributed by atoms with Gasteiger partial charge in [0.25, 0.3) is 5.91 Å². The average molecular weight is 390 g/mol. The zero-order chi connectivity index (χ0) is 19.0. The number of pyridine rings is 1. The van der Waals surface area contributed by atoms with Crippen LogP contribution >= 0.6 is 11.6 Å². The van der Waals surface area contributed by atoms with Gasteiger partial charge in [0.2, 0.25) is 0 Å². The van der Waals surface area contributed by atoms with Gasteiger partial charge in [-0.1, -0.05) is 11.6 Å². The number of hydrogen-bond acceptors (Lipinski definition) is 4. The maximum Gasteiger partial charge on any atom is 0.253 e. The van der Waals surface area contributed by atoms with Crippen LogP contribution in [0.1, 0.15) is 40.2 Å². The van der Waals surface area contributed by atoms with E-state index in [1.807, 2.05) is 4.90 Å². The molecule has 2 aliphatic rings. The summed E-state index contributed by atoms with van der Waals surface area (Å²) in [4.78, 5) is 18.7. The number of nitrogens with zero attached hydrogens (tertiary/aromatic N) is 2. The highest BCUT2D eigenvalue weighted by molar-refractivity contribution is 6.32. The fourth-order valence-corrected chi connectivity index (χ4v) is 4.30. The molecule has 0 atom stereocenters. The Bertz CT molecular complexity index is 882. The number of rotatable bonds is 3. The smallest absolute Gasteiger partial charge is 0.253 e. The van der Waals surface area contributed by atoms with Crippen LogP contribution in [0, 0.1) is 5.82 Å². The Morgan fingerprint density at radius 3 is 2.85 bits per heavy atom. The normalized spacial score (nSPS) is 16.8. The van der Waals surface area contributed by atoms with Crippen molar-refractivity contribution < 1.29 is 13.9 Å². The highest BCUT2D eigenvalue weighted by atomic mass is 35.5. The zero-order valence-electron chi connectivity index (χ0n) is 15.1. The number of piperidine rings is 1. The predicted octanol–water partition coefficient (Wildman–Crippen LogP) is 3.87. The maximum absolute atomic E-state index is 14.5. The van der Waals surface area contributed by atoms with E-state index in [9.17, 15) is 9.18 Å². The topological polar surface area (TPSA) is 54.5 Å². The standard InChI is InChI=1S/C20H21ClFN3O2/c1-27-17-3-2-13(10-15(17)21)20(26)25-8-5-12(6-9-25)18-14-4-7-23-19(14)24-11-16(18)22/h2-3,10-12H,4-9H2,1H3,(H,23,24). The largest absolute Gasteiger partial charge is 0.495 e. The summed E-state index contributed by atoms with van der Waals surface area (Å²) in [6.07, 6.45) is 3.59. The Hall–Kier alpha value is -2.34. The number of carbonyl (C=O) groups excluding carboxylic acids is 1. The molecule has 0 aliphatic carbocycles. The van der Waals surface area contributed by atoms with Crippen LogP contribution in [0.3, 0.4) is 0 Å². The molecule has 4 rings (SSSR count). The van der Waals surface area contributed by atoms with E-state index in [1.54, 1.807) is 18.2 Å². The lowest BCUT2D eigenvalue weighted by Gasteiger charge is -2.33. The van der Waals surface area contributed by atoms with Crippen molar-refractivity contribution in [3.8, 4) is 5.75 Å². The highest BCUT2D eigenvalue weighted by Crippen LogP contribution is 2.37. The molecule has 0 spiro atoms. The lowest BCUT2D eigenvalue weighted by Crippen LogP contribution is -2.38. The molecule has 3 heterocycles.